The fourth-order valence-corrected chi connectivity index (χ4v) is 3.09. The van der Waals surface area contributed by atoms with E-state index in [-0.39, 0.29) is 5.91 Å². The van der Waals surface area contributed by atoms with Crippen LogP contribution in [0.3, 0.4) is 0 Å². The molecule has 2 aromatic rings. The van der Waals surface area contributed by atoms with E-state index >= 15 is 0 Å². The van der Waals surface area contributed by atoms with Crippen LogP contribution in [0.5, 0.6) is 0 Å². The molecule has 3 heterocycles. The zero-order valence-corrected chi connectivity index (χ0v) is 14.3. The molecule has 2 aromatic heterocycles. The molecule has 24 heavy (non-hydrogen) atoms. The minimum absolute atomic E-state index is 0.0946. The van der Waals surface area contributed by atoms with Crippen LogP contribution in [0, 0.1) is 12.8 Å². The molecular formula is C17H24N6O. The van der Waals surface area contributed by atoms with Gasteiger partial charge in [0.1, 0.15) is 17.8 Å². The van der Waals surface area contributed by atoms with E-state index < -0.39 is 0 Å². The van der Waals surface area contributed by atoms with Crippen molar-refractivity contribution in [1.29, 1.82) is 0 Å². The van der Waals surface area contributed by atoms with E-state index in [0.29, 0.717) is 18.2 Å². The van der Waals surface area contributed by atoms with Crippen molar-refractivity contribution in [3.8, 4) is 0 Å². The monoisotopic (exact) mass is 328 g/mol. The molecule has 1 fully saturated rings. The van der Waals surface area contributed by atoms with E-state index in [1.165, 1.54) is 0 Å². The number of rotatable bonds is 6. The van der Waals surface area contributed by atoms with Crippen LogP contribution in [-0.2, 0) is 13.1 Å². The highest BCUT2D eigenvalue weighted by molar-refractivity contribution is 5.92. The first kappa shape index (κ1) is 16.6. The van der Waals surface area contributed by atoms with Crippen LogP contribution in [0.2, 0.25) is 0 Å². The minimum atomic E-state index is -0.0946. The fourth-order valence-electron chi connectivity index (χ4n) is 3.09. The largest absolute Gasteiger partial charge is 0.350 e. The summed E-state index contributed by atoms with van der Waals surface area (Å²) in [6, 6.07) is 5.50. The van der Waals surface area contributed by atoms with E-state index in [1.807, 2.05) is 23.7 Å². The Kier molecular flexibility index (Phi) is 5.20. The Morgan fingerprint density at radius 2 is 2.29 bits per heavy atom. The van der Waals surface area contributed by atoms with E-state index in [2.05, 4.69) is 32.2 Å². The van der Waals surface area contributed by atoms with E-state index in [1.54, 1.807) is 12.4 Å². The van der Waals surface area contributed by atoms with Gasteiger partial charge in [0, 0.05) is 25.3 Å². The molecule has 1 N–H and O–H groups in total. The first-order valence-electron chi connectivity index (χ1n) is 8.46. The number of nitrogens with one attached hydrogen (secondary N) is 1. The number of likely N-dealkylation sites (tertiary alicyclic amines) is 1. The molecule has 0 bridgehead atoms. The molecule has 7 heteroatoms. The zero-order valence-electron chi connectivity index (χ0n) is 14.3. The Labute approximate surface area is 142 Å². The van der Waals surface area contributed by atoms with E-state index in [4.69, 9.17) is 0 Å². The van der Waals surface area contributed by atoms with Gasteiger partial charge in [-0.1, -0.05) is 6.07 Å². The minimum Gasteiger partial charge on any atom is -0.350 e. The standard InChI is InChI=1S/C17H24N6O/c1-3-23-16(19-12-20-23)11-22-8-7-14(10-22)9-18-17(24)15-6-4-5-13(2)21-15/h4-6,12,14H,3,7-11H2,1-2H3,(H,18,24)/t14-/m1/s1. The van der Waals surface area contributed by atoms with Gasteiger partial charge in [-0.25, -0.2) is 14.6 Å². The normalized spacial score (nSPS) is 18.0. The van der Waals surface area contributed by atoms with Gasteiger partial charge in [0.15, 0.2) is 0 Å². The van der Waals surface area contributed by atoms with Crippen molar-refractivity contribution >= 4 is 5.91 Å². The van der Waals surface area contributed by atoms with Crippen molar-refractivity contribution in [2.45, 2.75) is 33.4 Å². The maximum Gasteiger partial charge on any atom is 0.269 e. The summed E-state index contributed by atoms with van der Waals surface area (Å²) < 4.78 is 1.93. The molecule has 0 radical (unpaired) electrons. The van der Waals surface area contributed by atoms with Crippen molar-refractivity contribution in [3.05, 3.63) is 41.7 Å². The molecule has 1 saturated heterocycles. The lowest BCUT2D eigenvalue weighted by Crippen LogP contribution is -2.31. The summed E-state index contributed by atoms with van der Waals surface area (Å²) in [4.78, 5) is 23.1. The lowest BCUT2D eigenvalue weighted by atomic mass is 10.1. The quantitative estimate of drug-likeness (QED) is 0.864. The summed E-state index contributed by atoms with van der Waals surface area (Å²) in [5.74, 6) is 1.38. The molecule has 1 aliphatic rings. The average molecular weight is 328 g/mol. The third kappa shape index (κ3) is 3.97. The van der Waals surface area contributed by atoms with Gasteiger partial charge in [0.05, 0.1) is 6.54 Å². The maximum absolute atomic E-state index is 12.2. The van der Waals surface area contributed by atoms with Crippen LogP contribution in [0.15, 0.2) is 24.5 Å². The Morgan fingerprint density at radius 3 is 3.08 bits per heavy atom. The van der Waals surface area contributed by atoms with Gasteiger partial charge < -0.3 is 5.32 Å². The molecule has 0 saturated carbocycles. The van der Waals surface area contributed by atoms with Crippen LogP contribution in [0.25, 0.3) is 0 Å². The van der Waals surface area contributed by atoms with Gasteiger partial charge in [-0.05, 0) is 44.9 Å². The van der Waals surface area contributed by atoms with Crippen LogP contribution in [0.1, 0.15) is 35.4 Å². The highest BCUT2D eigenvalue weighted by Crippen LogP contribution is 2.17. The molecule has 0 spiro atoms. The van der Waals surface area contributed by atoms with E-state index in [0.717, 1.165) is 44.1 Å². The molecule has 3 rings (SSSR count). The molecule has 128 valence electrons. The van der Waals surface area contributed by atoms with Gasteiger partial charge in [-0.15, -0.1) is 0 Å². The van der Waals surface area contributed by atoms with Crippen molar-refractivity contribution in [3.63, 3.8) is 0 Å². The molecule has 0 aromatic carbocycles. The second kappa shape index (κ2) is 7.53. The molecule has 1 atom stereocenters. The number of aromatic nitrogens is 4. The predicted molar refractivity (Wildman–Crippen MR) is 90.4 cm³/mol. The predicted octanol–water partition coefficient (Wildman–Crippen LogP) is 1.25. The molecule has 1 aliphatic heterocycles. The summed E-state index contributed by atoms with van der Waals surface area (Å²) in [7, 11) is 0. The summed E-state index contributed by atoms with van der Waals surface area (Å²) >= 11 is 0. The number of pyridine rings is 1. The lowest BCUT2D eigenvalue weighted by molar-refractivity contribution is 0.0942. The van der Waals surface area contributed by atoms with Crippen molar-refractivity contribution in [2.75, 3.05) is 19.6 Å². The first-order chi connectivity index (χ1) is 11.7. The summed E-state index contributed by atoms with van der Waals surface area (Å²) in [6.07, 6.45) is 2.70. The second-order valence-electron chi connectivity index (χ2n) is 6.26. The number of hydrogen-bond acceptors (Lipinski definition) is 5. The Morgan fingerprint density at radius 1 is 1.42 bits per heavy atom. The van der Waals surface area contributed by atoms with Crippen LogP contribution in [0.4, 0.5) is 0 Å². The summed E-state index contributed by atoms with van der Waals surface area (Å²) in [5.41, 5.74) is 1.34. The lowest BCUT2D eigenvalue weighted by Gasteiger charge is -2.16. The Hall–Kier alpha value is -2.28. The Balaban J connectivity index is 1.47. The number of amides is 1. The second-order valence-corrected chi connectivity index (χ2v) is 6.26. The third-order valence-electron chi connectivity index (χ3n) is 4.40. The number of aryl methyl sites for hydroxylation is 2. The molecular weight excluding hydrogens is 304 g/mol. The highest BCUT2D eigenvalue weighted by Gasteiger charge is 2.24. The van der Waals surface area contributed by atoms with Gasteiger partial charge in [-0.3, -0.25) is 9.69 Å². The van der Waals surface area contributed by atoms with Crippen LogP contribution < -0.4 is 5.32 Å². The summed E-state index contributed by atoms with van der Waals surface area (Å²) in [6.45, 7) is 8.30. The number of hydrogen-bond donors (Lipinski definition) is 1. The van der Waals surface area contributed by atoms with E-state index in [9.17, 15) is 4.79 Å². The van der Waals surface area contributed by atoms with Crippen molar-refractivity contribution < 1.29 is 4.79 Å². The summed E-state index contributed by atoms with van der Waals surface area (Å²) in [5, 5.41) is 7.22. The highest BCUT2D eigenvalue weighted by atomic mass is 16.1. The molecule has 1 amide bonds. The third-order valence-corrected chi connectivity index (χ3v) is 4.40. The first-order valence-corrected chi connectivity index (χ1v) is 8.46. The zero-order chi connectivity index (χ0) is 16.9. The molecule has 7 nitrogen and oxygen atoms in total. The van der Waals surface area contributed by atoms with Crippen molar-refractivity contribution in [1.82, 2.24) is 30.0 Å². The number of carbonyl (C=O) groups is 1. The Bertz CT molecular complexity index is 698. The fraction of sp³-hybridized carbons (Fsp3) is 0.529. The molecule has 0 aliphatic carbocycles. The van der Waals surface area contributed by atoms with Gasteiger partial charge in [0.2, 0.25) is 0 Å². The van der Waals surface area contributed by atoms with Gasteiger partial charge in [-0.2, -0.15) is 5.10 Å². The van der Waals surface area contributed by atoms with Crippen LogP contribution in [-0.4, -0.2) is 50.2 Å². The number of nitrogens with zero attached hydrogens (tertiary/aromatic N) is 5. The van der Waals surface area contributed by atoms with Crippen LogP contribution >= 0.6 is 0 Å². The average Bonchev–Trinajstić information content (AvgIpc) is 3.22. The van der Waals surface area contributed by atoms with Crippen molar-refractivity contribution in [2.24, 2.45) is 5.92 Å². The van der Waals surface area contributed by atoms with Gasteiger partial charge >= 0.3 is 0 Å². The number of carbonyl (C=O) groups excluding carboxylic acids is 1. The van der Waals surface area contributed by atoms with Gasteiger partial charge in [0.25, 0.3) is 5.91 Å². The smallest absolute Gasteiger partial charge is 0.269 e. The SMILES string of the molecule is CCn1ncnc1CN1CC[C@H](CNC(=O)c2cccc(C)n2)C1. The topological polar surface area (TPSA) is 75.9 Å². The molecule has 0 unspecified atom stereocenters. The maximum atomic E-state index is 12.2.